The van der Waals surface area contributed by atoms with Gasteiger partial charge < -0.3 is 20.3 Å². The number of aromatic carboxylic acids is 1. The van der Waals surface area contributed by atoms with Crippen LogP contribution in [0, 0.1) is 11.6 Å². The van der Waals surface area contributed by atoms with Gasteiger partial charge in [-0.05, 0) is 18.6 Å². The molecule has 0 saturated heterocycles. The minimum Gasteiger partial charge on any atom is -0.478 e. The quantitative estimate of drug-likeness (QED) is 0.692. The van der Waals surface area contributed by atoms with E-state index in [9.17, 15) is 18.4 Å². The first-order chi connectivity index (χ1) is 9.90. The molecule has 1 rings (SSSR count). The summed E-state index contributed by atoms with van der Waals surface area (Å²) in [4.78, 5) is 23.0. The molecule has 8 heteroatoms. The summed E-state index contributed by atoms with van der Waals surface area (Å²) in [6.45, 7) is -0.143. The van der Waals surface area contributed by atoms with Crippen molar-refractivity contribution in [3.63, 3.8) is 0 Å². The third-order valence-corrected chi connectivity index (χ3v) is 2.72. The summed E-state index contributed by atoms with van der Waals surface area (Å²) in [6, 6.07) is 0.392. The third-order valence-electron chi connectivity index (χ3n) is 2.72. The summed E-state index contributed by atoms with van der Waals surface area (Å²) < 4.78 is 31.1. The maximum absolute atomic E-state index is 13.2. The smallest absolute Gasteiger partial charge is 0.336 e. The Morgan fingerprint density at radius 2 is 1.86 bits per heavy atom. The van der Waals surface area contributed by atoms with E-state index in [1.807, 2.05) is 0 Å². The normalized spacial score (nSPS) is 12.0. The third kappa shape index (κ3) is 4.47. The molecule has 1 aromatic rings. The van der Waals surface area contributed by atoms with Gasteiger partial charge in [-0.25, -0.2) is 13.6 Å². The summed E-state index contributed by atoms with van der Waals surface area (Å²) in [5.74, 6) is -5.12. The molecule has 0 aliphatic rings. The first-order valence-corrected chi connectivity index (χ1v) is 6.03. The maximum Gasteiger partial charge on any atom is 0.336 e. The van der Waals surface area contributed by atoms with Crippen molar-refractivity contribution < 1.29 is 33.3 Å². The number of ether oxygens (including phenoxy) is 1. The van der Waals surface area contributed by atoms with Gasteiger partial charge in [-0.1, -0.05) is 0 Å². The highest BCUT2D eigenvalue weighted by atomic mass is 19.2. The van der Waals surface area contributed by atoms with Crippen molar-refractivity contribution in [3.05, 3.63) is 34.9 Å². The van der Waals surface area contributed by atoms with Crippen molar-refractivity contribution in [2.24, 2.45) is 0 Å². The molecular formula is C13H15F2NO5. The van der Waals surface area contributed by atoms with E-state index in [-0.39, 0.29) is 19.6 Å². The van der Waals surface area contributed by atoms with Gasteiger partial charge >= 0.3 is 5.97 Å². The number of aliphatic hydroxyl groups is 1. The first-order valence-electron chi connectivity index (χ1n) is 6.03. The minimum absolute atomic E-state index is 0.0817. The van der Waals surface area contributed by atoms with E-state index in [2.05, 4.69) is 5.32 Å². The number of carbonyl (C=O) groups excluding carboxylic acids is 1. The Morgan fingerprint density at radius 1 is 1.29 bits per heavy atom. The molecule has 1 aromatic carbocycles. The Morgan fingerprint density at radius 3 is 2.33 bits per heavy atom. The molecule has 0 aliphatic heterocycles. The summed E-state index contributed by atoms with van der Waals surface area (Å²) in [5.41, 5.74) is -1.15. The first kappa shape index (κ1) is 17.0. The number of methoxy groups -OCH3 is 1. The van der Waals surface area contributed by atoms with Crippen LogP contribution in [0.4, 0.5) is 8.78 Å². The van der Waals surface area contributed by atoms with Gasteiger partial charge in [0.1, 0.15) is 0 Å². The van der Waals surface area contributed by atoms with Crippen LogP contribution in [-0.4, -0.2) is 48.5 Å². The molecular weight excluding hydrogens is 288 g/mol. The highest BCUT2D eigenvalue weighted by molar-refractivity contribution is 6.04. The Bertz CT molecular complexity index is 530. The highest BCUT2D eigenvalue weighted by Crippen LogP contribution is 2.16. The topological polar surface area (TPSA) is 95.9 Å². The number of rotatable bonds is 7. The molecule has 0 spiro atoms. The number of hydrogen-bond donors (Lipinski definition) is 3. The number of halogens is 2. The summed E-state index contributed by atoms with van der Waals surface area (Å²) in [7, 11) is 1.39. The van der Waals surface area contributed by atoms with E-state index in [0.717, 1.165) is 0 Å². The number of aliphatic hydroxyl groups excluding tert-OH is 1. The van der Waals surface area contributed by atoms with Gasteiger partial charge in [0.15, 0.2) is 11.6 Å². The van der Waals surface area contributed by atoms with Crippen molar-refractivity contribution in [2.45, 2.75) is 12.5 Å². The van der Waals surface area contributed by atoms with Gasteiger partial charge in [-0.15, -0.1) is 0 Å². The van der Waals surface area contributed by atoms with Crippen LogP contribution in [0.1, 0.15) is 27.1 Å². The molecule has 6 nitrogen and oxygen atoms in total. The summed E-state index contributed by atoms with van der Waals surface area (Å²) in [5, 5.41) is 20.2. The lowest BCUT2D eigenvalue weighted by molar-refractivity contribution is 0.0688. The molecule has 0 saturated carbocycles. The molecule has 0 aliphatic carbocycles. The zero-order valence-electron chi connectivity index (χ0n) is 11.2. The van der Waals surface area contributed by atoms with Gasteiger partial charge in [0.25, 0.3) is 5.91 Å². The number of carbonyl (C=O) groups is 2. The molecule has 0 bridgehead atoms. The number of benzene rings is 1. The minimum atomic E-state index is -1.55. The van der Waals surface area contributed by atoms with Crippen LogP contribution >= 0.6 is 0 Å². The SMILES string of the molecule is COCC(CCO)NC(=O)c1cc(F)c(F)cc1C(=O)O. The highest BCUT2D eigenvalue weighted by Gasteiger charge is 2.22. The predicted octanol–water partition coefficient (Wildman–Crippen LogP) is 0.790. The number of hydrogen-bond acceptors (Lipinski definition) is 4. The van der Waals surface area contributed by atoms with Crippen LogP contribution in [0.25, 0.3) is 0 Å². The number of amides is 1. The van der Waals surface area contributed by atoms with Gasteiger partial charge in [-0.3, -0.25) is 4.79 Å². The van der Waals surface area contributed by atoms with E-state index in [1.54, 1.807) is 0 Å². The molecule has 3 N–H and O–H groups in total. The van der Waals surface area contributed by atoms with Crippen LogP contribution in [0.2, 0.25) is 0 Å². The van der Waals surface area contributed by atoms with Gasteiger partial charge in [-0.2, -0.15) is 0 Å². The Balaban J connectivity index is 3.05. The van der Waals surface area contributed by atoms with E-state index in [1.165, 1.54) is 7.11 Å². The fourth-order valence-electron chi connectivity index (χ4n) is 1.73. The van der Waals surface area contributed by atoms with Gasteiger partial charge in [0, 0.05) is 13.7 Å². The summed E-state index contributed by atoms with van der Waals surface area (Å²) >= 11 is 0. The van der Waals surface area contributed by atoms with Crippen LogP contribution in [0.15, 0.2) is 12.1 Å². The molecule has 0 radical (unpaired) electrons. The fraction of sp³-hybridized carbons (Fsp3) is 0.385. The van der Waals surface area contributed by atoms with Gasteiger partial charge in [0.2, 0.25) is 0 Å². The van der Waals surface area contributed by atoms with Crippen molar-refractivity contribution in [1.82, 2.24) is 5.32 Å². The lowest BCUT2D eigenvalue weighted by Crippen LogP contribution is -2.39. The molecule has 1 amide bonds. The van der Waals surface area contributed by atoms with Crippen molar-refractivity contribution in [2.75, 3.05) is 20.3 Å². The van der Waals surface area contributed by atoms with Crippen molar-refractivity contribution in [3.8, 4) is 0 Å². The summed E-state index contributed by atoms with van der Waals surface area (Å²) in [6.07, 6.45) is 0.172. The lowest BCUT2D eigenvalue weighted by atomic mass is 10.1. The lowest BCUT2D eigenvalue weighted by Gasteiger charge is -2.17. The molecule has 21 heavy (non-hydrogen) atoms. The molecule has 0 heterocycles. The van der Waals surface area contributed by atoms with E-state index in [0.29, 0.717) is 12.1 Å². The fourth-order valence-corrected chi connectivity index (χ4v) is 1.73. The van der Waals surface area contributed by atoms with Crippen LogP contribution in [-0.2, 0) is 4.74 Å². The molecule has 0 aromatic heterocycles. The average molecular weight is 303 g/mol. The van der Waals surface area contributed by atoms with Crippen LogP contribution < -0.4 is 5.32 Å². The van der Waals surface area contributed by atoms with Crippen molar-refractivity contribution >= 4 is 11.9 Å². The number of nitrogens with one attached hydrogen (secondary N) is 1. The monoisotopic (exact) mass is 303 g/mol. The average Bonchev–Trinajstić information content (AvgIpc) is 2.41. The van der Waals surface area contributed by atoms with Crippen LogP contribution in [0.5, 0.6) is 0 Å². The second kappa shape index (κ2) is 7.65. The number of carboxylic acids is 1. The number of carboxylic acid groups (broad SMARTS) is 1. The largest absolute Gasteiger partial charge is 0.478 e. The molecule has 1 atom stereocenters. The molecule has 1 unspecified atom stereocenters. The Hall–Kier alpha value is -2.06. The second-order valence-corrected chi connectivity index (χ2v) is 4.26. The Kier molecular flexibility index (Phi) is 6.19. The van der Waals surface area contributed by atoms with E-state index < -0.39 is 40.7 Å². The zero-order chi connectivity index (χ0) is 16.0. The van der Waals surface area contributed by atoms with E-state index in [4.69, 9.17) is 14.9 Å². The van der Waals surface area contributed by atoms with Crippen LogP contribution in [0.3, 0.4) is 0 Å². The standard InChI is InChI=1S/C13H15F2NO5/c1-21-6-7(2-3-17)16-12(18)8-4-10(14)11(15)5-9(8)13(19)20/h4-5,7,17H,2-3,6H2,1H3,(H,16,18)(H,19,20). The maximum atomic E-state index is 13.2. The van der Waals surface area contributed by atoms with E-state index >= 15 is 0 Å². The second-order valence-electron chi connectivity index (χ2n) is 4.26. The molecule has 0 fully saturated rings. The predicted molar refractivity (Wildman–Crippen MR) is 68.2 cm³/mol. The van der Waals surface area contributed by atoms with Crippen molar-refractivity contribution in [1.29, 1.82) is 0 Å². The zero-order valence-corrected chi connectivity index (χ0v) is 11.2. The Labute approximate surface area is 119 Å². The van der Waals surface area contributed by atoms with Gasteiger partial charge in [0.05, 0.1) is 23.8 Å². The molecule has 116 valence electrons.